The van der Waals surface area contributed by atoms with Crippen LogP contribution in [0, 0.1) is 5.92 Å². The van der Waals surface area contributed by atoms with E-state index in [4.69, 9.17) is 4.74 Å². The minimum Gasteiger partial charge on any atom is -0.381 e. The third-order valence-corrected chi connectivity index (χ3v) is 5.32. The molecule has 0 saturated carbocycles. The third-order valence-electron chi connectivity index (χ3n) is 3.44. The van der Waals surface area contributed by atoms with Crippen molar-refractivity contribution in [2.45, 2.75) is 12.8 Å². The van der Waals surface area contributed by atoms with E-state index in [1.54, 1.807) is 22.7 Å². The van der Waals surface area contributed by atoms with E-state index in [1.165, 1.54) is 15.3 Å². The summed E-state index contributed by atoms with van der Waals surface area (Å²) in [5.74, 6) is 0.191. The van der Waals surface area contributed by atoms with Gasteiger partial charge >= 0.3 is 0 Å². The number of carbonyl (C=O) groups is 1. The van der Waals surface area contributed by atoms with Gasteiger partial charge in [0.25, 0.3) is 0 Å². The maximum absolute atomic E-state index is 11.8. The zero-order chi connectivity index (χ0) is 13.8. The predicted octanol–water partition coefficient (Wildman–Crippen LogP) is 3.17. The molecule has 5 heteroatoms. The molecule has 1 amide bonds. The number of amides is 1. The molecule has 1 aliphatic rings. The molecule has 106 valence electrons. The Morgan fingerprint density at radius 3 is 3.10 bits per heavy atom. The summed E-state index contributed by atoms with van der Waals surface area (Å²) in [5, 5.41) is 7.27. The van der Waals surface area contributed by atoms with Crippen molar-refractivity contribution in [3.05, 3.63) is 33.8 Å². The van der Waals surface area contributed by atoms with Crippen molar-refractivity contribution in [2.75, 3.05) is 19.8 Å². The van der Waals surface area contributed by atoms with E-state index < -0.39 is 0 Å². The summed E-state index contributed by atoms with van der Waals surface area (Å²) in [7, 11) is 0. The molecule has 3 nitrogen and oxygen atoms in total. The first-order valence-electron chi connectivity index (χ1n) is 6.79. The lowest BCUT2D eigenvalue weighted by Gasteiger charge is -2.08. The smallest absolute Gasteiger partial charge is 0.225 e. The van der Waals surface area contributed by atoms with Gasteiger partial charge in [-0.15, -0.1) is 11.3 Å². The van der Waals surface area contributed by atoms with Crippen LogP contribution in [0.3, 0.4) is 0 Å². The zero-order valence-corrected chi connectivity index (χ0v) is 12.8. The minimum absolute atomic E-state index is 0.0553. The highest BCUT2D eigenvalue weighted by Gasteiger charge is 2.22. The lowest BCUT2D eigenvalue weighted by atomic mass is 10.1. The maximum atomic E-state index is 11.8. The van der Waals surface area contributed by atoms with E-state index in [1.807, 2.05) is 0 Å². The van der Waals surface area contributed by atoms with Crippen molar-refractivity contribution in [3.8, 4) is 10.4 Å². The van der Waals surface area contributed by atoms with Gasteiger partial charge in [-0.2, -0.15) is 11.3 Å². The summed E-state index contributed by atoms with van der Waals surface area (Å²) < 4.78 is 5.23. The van der Waals surface area contributed by atoms with E-state index in [9.17, 15) is 4.79 Å². The molecule has 0 spiro atoms. The molecule has 1 aliphatic heterocycles. The molecule has 2 aromatic heterocycles. The van der Waals surface area contributed by atoms with Gasteiger partial charge in [-0.05, 0) is 41.8 Å². The molecular weight excluding hydrogens is 290 g/mol. The molecule has 0 radical (unpaired) electrons. The van der Waals surface area contributed by atoms with E-state index >= 15 is 0 Å². The molecule has 0 aromatic carbocycles. The Morgan fingerprint density at radius 2 is 2.35 bits per heavy atom. The zero-order valence-electron chi connectivity index (χ0n) is 11.1. The number of hydrogen-bond donors (Lipinski definition) is 1. The number of carbonyl (C=O) groups excluding carboxylic acids is 1. The molecule has 0 unspecified atom stereocenters. The van der Waals surface area contributed by atoms with Crippen molar-refractivity contribution >= 4 is 28.6 Å². The van der Waals surface area contributed by atoms with Crippen molar-refractivity contribution < 1.29 is 9.53 Å². The second-order valence-corrected chi connectivity index (χ2v) is 6.83. The summed E-state index contributed by atoms with van der Waals surface area (Å²) in [4.78, 5) is 14.5. The van der Waals surface area contributed by atoms with Crippen LogP contribution in [-0.2, 0) is 16.0 Å². The van der Waals surface area contributed by atoms with Crippen LogP contribution >= 0.6 is 22.7 Å². The Hall–Kier alpha value is -1.17. The Balaban J connectivity index is 1.48. The van der Waals surface area contributed by atoms with Gasteiger partial charge in [0, 0.05) is 28.5 Å². The SMILES string of the molecule is O=C(NCCc1ccc(-c2ccsc2)s1)[C@H]1CCOC1. The molecule has 1 N–H and O–H groups in total. The Morgan fingerprint density at radius 1 is 1.40 bits per heavy atom. The normalized spacial score (nSPS) is 18.3. The first-order valence-corrected chi connectivity index (χ1v) is 8.55. The van der Waals surface area contributed by atoms with Gasteiger partial charge < -0.3 is 10.1 Å². The second-order valence-electron chi connectivity index (χ2n) is 4.88. The van der Waals surface area contributed by atoms with E-state index in [2.05, 4.69) is 34.3 Å². The Bertz CT molecular complexity index is 556. The van der Waals surface area contributed by atoms with Crippen LogP contribution in [0.2, 0.25) is 0 Å². The van der Waals surface area contributed by atoms with Crippen LogP contribution in [0.15, 0.2) is 29.0 Å². The molecule has 20 heavy (non-hydrogen) atoms. The number of hydrogen-bond acceptors (Lipinski definition) is 4. The summed E-state index contributed by atoms with van der Waals surface area (Å²) in [5.41, 5.74) is 1.29. The van der Waals surface area contributed by atoms with Crippen LogP contribution in [0.25, 0.3) is 10.4 Å². The fourth-order valence-electron chi connectivity index (χ4n) is 2.27. The van der Waals surface area contributed by atoms with Crippen LogP contribution in [0.4, 0.5) is 0 Å². The summed E-state index contributed by atoms with van der Waals surface area (Å²) in [6.07, 6.45) is 1.75. The van der Waals surface area contributed by atoms with Crippen LogP contribution in [0.5, 0.6) is 0 Å². The largest absolute Gasteiger partial charge is 0.381 e. The molecule has 3 heterocycles. The standard InChI is InChI=1S/C15H17NO2S2/c17-15(11-4-7-18-9-11)16-6-3-13-1-2-14(20-13)12-5-8-19-10-12/h1-2,5,8,10-11H,3-4,6-7,9H2,(H,16,17)/t11-/m0/s1. The first-order chi connectivity index (χ1) is 9.83. The van der Waals surface area contributed by atoms with E-state index in [0.29, 0.717) is 19.8 Å². The van der Waals surface area contributed by atoms with Gasteiger partial charge in [-0.25, -0.2) is 0 Å². The highest BCUT2D eigenvalue weighted by Crippen LogP contribution is 2.29. The van der Waals surface area contributed by atoms with Crippen LogP contribution < -0.4 is 5.32 Å². The summed E-state index contributed by atoms with van der Waals surface area (Å²) in [6, 6.07) is 6.46. The molecule has 2 aromatic rings. The Kier molecular flexibility index (Phi) is 4.50. The quantitative estimate of drug-likeness (QED) is 0.921. The predicted molar refractivity (Wildman–Crippen MR) is 83.3 cm³/mol. The molecule has 1 saturated heterocycles. The second kappa shape index (κ2) is 6.52. The number of thiophene rings is 2. The lowest BCUT2D eigenvalue weighted by Crippen LogP contribution is -2.32. The van der Waals surface area contributed by atoms with Gasteiger partial charge in [0.15, 0.2) is 0 Å². The van der Waals surface area contributed by atoms with Gasteiger partial charge in [0.1, 0.15) is 0 Å². The molecule has 1 atom stereocenters. The van der Waals surface area contributed by atoms with E-state index in [-0.39, 0.29) is 11.8 Å². The van der Waals surface area contributed by atoms with Crippen molar-refractivity contribution in [3.63, 3.8) is 0 Å². The highest BCUT2D eigenvalue weighted by molar-refractivity contribution is 7.16. The third kappa shape index (κ3) is 3.29. The Labute approximate surface area is 126 Å². The summed E-state index contributed by atoms with van der Waals surface area (Å²) in [6.45, 7) is 2.00. The molecular formula is C15H17NO2S2. The number of nitrogens with one attached hydrogen (secondary N) is 1. The van der Waals surface area contributed by atoms with Crippen molar-refractivity contribution in [1.82, 2.24) is 5.32 Å². The molecule has 0 bridgehead atoms. The summed E-state index contributed by atoms with van der Waals surface area (Å²) >= 11 is 3.52. The van der Waals surface area contributed by atoms with Gasteiger partial charge in [0.2, 0.25) is 5.91 Å². The maximum Gasteiger partial charge on any atom is 0.225 e. The molecule has 3 rings (SSSR count). The average Bonchev–Trinajstić information content (AvgIpc) is 3.20. The van der Waals surface area contributed by atoms with Crippen LogP contribution in [0.1, 0.15) is 11.3 Å². The van der Waals surface area contributed by atoms with Crippen LogP contribution in [-0.4, -0.2) is 25.7 Å². The fraction of sp³-hybridized carbons (Fsp3) is 0.400. The highest BCUT2D eigenvalue weighted by atomic mass is 32.1. The first kappa shape index (κ1) is 13.8. The average molecular weight is 307 g/mol. The molecule has 0 aliphatic carbocycles. The van der Waals surface area contributed by atoms with Crippen molar-refractivity contribution in [1.29, 1.82) is 0 Å². The fourth-order valence-corrected chi connectivity index (χ4v) is 4.00. The number of rotatable bonds is 5. The number of ether oxygens (including phenoxy) is 1. The van der Waals surface area contributed by atoms with Gasteiger partial charge in [-0.3, -0.25) is 4.79 Å². The lowest BCUT2D eigenvalue weighted by molar-refractivity contribution is -0.124. The molecule has 1 fully saturated rings. The minimum atomic E-state index is 0.0553. The van der Waals surface area contributed by atoms with Gasteiger partial charge in [0.05, 0.1) is 12.5 Å². The van der Waals surface area contributed by atoms with Gasteiger partial charge in [-0.1, -0.05) is 0 Å². The van der Waals surface area contributed by atoms with Crippen molar-refractivity contribution in [2.24, 2.45) is 5.92 Å². The monoisotopic (exact) mass is 307 g/mol. The topological polar surface area (TPSA) is 38.3 Å². The van der Waals surface area contributed by atoms with E-state index in [0.717, 1.165) is 12.8 Å².